The molecular formula is C15H23ClN2O2S. The third-order valence-electron chi connectivity index (χ3n) is 3.86. The van der Waals surface area contributed by atoms with Crippen LogP contribution in [0.1, 0.15) is 32.1 Å². The van der Waals surface area contributed by atoms with E-state index in [0.717, 1.165) is 12.5 Å². The Kier molecular flexibility index (Phi) is 6.48. The Morgan fingerprint density at radius 3 is 2.62 bits per heavy atom. The summed E-state index contributed by atoms with van der Waals surface area (Å²) in [7, 11) is -3.46. The molecule has 0 unspecified atom stereocenters. The number of halogens is 1. The lowest BCUT2D eigenvalue weighted by molar-refractivity contribution is 0.343. The van der Waals surface area contributed by atoms with E-state index in [9.17, 15) is 8.42 Å². The molecule has 0 spiro atoms. The second-order valence-electron chi connectivity index (χ2n) is 5.56. The van der Waals surface area contributed by atoms with Crippen molar-refractivity contribution in [1.29, 1.82) is 0 Å². The van der Waals surface area contributed by atoms with Gasteiger partial charge in [-0.25, -0.2) is 13.1 Å². The number of sulfonamides is 1. The van der Waals surface area contributed by atoms with Gasteiger partial charge in [0.25, 0.3) is 0 Å². The number of benzene rings is 1. The lowest BCUT2D eigenvalue weighted by Crippen LogP contribution is -2.34. The van der Waals surface area contributed by atoms with Gasteiger partial charge in [-0.3, -0.25) is 0 Å². The summed E-state index contributed by atoms with van der Waals surface area (Å²) in [4.78, 5) is 0.210. The Hall–Kier alpha value is -0.620. The molecule has 0 bridgehead atoms. The van der Waals surface area contributed by atoms with Gasteiger partial charge in [-0.2, -0.15) is 0 Å². The maximum Gasteiger partial charge on any atom is 0.240 e. The van der Waals surface area contributed by atoms with Crippen LogP contribution in [0.25, 0.3) is 0 Å². The molecule has 0 radical (unpaired) electrons. The largest absolute Gasteiger partial charge is 0.315 e. The number of hydrogen-bond donors (Lipinski definition) is 2. The van der Waals surface area contributed by atoms with Gasteiger partial charge < -0.3 is 5.32 Å². The predicted molar refractivity (Wildman–Crippen MR) is 86.1 cm³/mol. The maximum absolute atomic E-state index is 12.1. The molecular weight excluding hydrogens is 308 g/mol. The van der Waals surface area contributed by atoms with Crippen LogP contribution in [-0.2, 0) is 10.0 Å². The molecule has 4 nitrogen and oxygen atoms in total. The van der Waals surface area contributed by atoms with Crippen molar-refractivity contribution in [3.05, 3.63) is 29.3 Å². The molecule has 1 aliphatic rings. The minimum Gasteiger partial charge on any atom is -0.315 e. The van der Waals surface area contributed by atoms with Gasteiger partial charge in [0.15, 0.2) is 0 Å². The van der Waals surface area contributed by atoms with Crippen LogP contribution in [0.5, 0.6) is 0 Å². The van der Waals surface area contributed by atoms with E-state index < -0.39 is 10.0 Å². The molecule has 0 saturated heterocycles. The fourth-order valence-electron chi connectivity index (χ4n) is 2.69. The van der Waals surface area contributed by atoms with Gasteiger partial charge in [-0.05, 0) is 43.5 Å². The van der Waals surface area contributed by atoms with Gasteiger partial charge in [0.1, 0.15) is 0 Å². The molecule has 1 aliphatic carbocycles. The summed E-state index contributed by atoms with van der Waals surface area (Å²) in [5.41, 5.74) is 0. The van der Waals surface area contributed by atoms with Crippen LogP contribution in [-0.4, -0.2) is 28.1 Å². The van der Waals surface area contributed by atoms with Gasteiger partial charge in [0.2, 0.25) is 10.0 Å². The minimum atomic E-state index is -3.46. The van der Waals surface area contributed by atoms with Crippen LogP contribution in [0.4, 0.5) is 0 Å². The summed E-state index contributed by atoms with van der Waals surface area (Å²) in [6.45, 7) is 2.02. The van der Waals surface area contributed by atoms with Crippen LogP contribution in [0, 0.1) is 5.92 Å². The smallest absolute Gasteiger partial charge is 0.240 e. The maximum atomic E-state index is 12.1. The highest BCUT2D eigenvalue weighted by Crippen LogP contribution is 2.22. The monoisotopic (exact) mass is 330 g/mol. The summed E-state index contributed by atoms with van der Waals surface area (Å²) < 4.78 is 26.7. The van der Waals surface area contributed by atoms with E-state index >= 15 is 0 Å². The Morgan fingerprint density at radius 2 is 1.90 bits per heavy atom. The molecule has 1 fully saturated rings. The highest BCUT2D eigenvalue weighted by atomic mass is 35.5. The van der Waals surface area contributed by atoms with E-state index in [0.29, 0.717) is 18.1 Å². The first-order valence-electron chi connectivity index (χ1n) is 7.54. The molecule has 0 heterocycles. The summed E-state index contributed by atoms with van der Waals surface area (Å²) in [5, 5.41) is 3.76. The van der Waals surface area contributed by atoms with Crippen LogP contribution >= 0.6 is 11.6 Å². The molecule has 1 aromatic carbocycles. The molecule has 21 heavy (non-hydrogen) atoms. The minimum absolute atomic E-state index is 0.210. The summed E-state index contributed by atoms with van der Waals surface area (Å²) in [5.74, 6) is 0.753. The van der Waals surface area contributed by atoms with Crippen molar-refractivity contribution in [2.45, 2.75) is 37.0 Å². The molecule has 6 heteroatoms. The molecule has 1 aromatic rings. The zero-order chi connectivity index (χ0) is 15.1. The van der Waals surface area contributed by atoms with Crippen molar-refractivity contribution in [3.8, 4) is 0 Å². The normalized spacial score (nSPS) is 17.0. The fraction of sp³-hybridized carbons (Fsp3) is 0.600. The number of rotatable bonds is 7. The second-order valence-corrected chi connectivity index (χ2v) is 7.77. The summed E-state index contributed by atoms with van der Waals surface area (Å²) in [6, 6.07) is 6.30. The van der Waals surface area contributed by atoms with Gasteiger partial charge in [0, 0.05) is 18.1 Å². The SMILES string of the molecule is O=S(=O)(NCCNCC1CCCCC1)c1cccc(Cl)c1. The lowest BCUT2D eigenvalue weighted by Gasteiger charge is -2.21. The van der Waals surface area contributed by atoms with Crippen LogP contribution in [0.15, 0.2) is 29.2 Å². The lowest BCUT2D eigenvalue weighted by atomic mass is 9.89. The Bertz CT molecular complexity index is 542. The number of hydrogen-bond acceptors (Lipinski definition) is 3. The average Bonchev–Trinajstić information content (AvgIpc) is 2.48. The highest BCUT2D eigenvalue weighted by Gasteiger charge is 2.14. The molecule has 0 amide bonds. The predicted octanol–water partition coefficient (Wildman–Crippen LogP) is 2.79. The van der Waals surface area contributed by atoms with Crippen molar-refractivity contribution in [3.63, 3.8) is 0 Å². The van der Waals surface area contributed by atoms with E-state index in [1.165, 1.54) is 38.2 Å². The van der Waals surface area contributed by atoms with E-state index in [4.69, 9.17) is 11.6 Å². The molecule has 118 valence electrons. The molecule has 0 aromatic heterocycles. The first-order valence-corrected chi connectivity index (χ1v) is 9.40. The van der Waals surface area contributed by atoms with Crippen molar-refractivity contribution in [2.24, 2.45) is 5.92 Å². The van der Waals surface area contributed by atoms with Crippen LogP contribution < -0.4 is 10.0 Å². The van der Waals surface area contributed by atoms with Gasteiger partial charge in [0.05, 0.1) is 4.90 Å². The molecule has 2 N–H and O–H groups in total. The Labute approximate surface area is 132 Å². The molecule has 2 rings (SSSR count). The fourth-order valence-corrected chi connectivity index (χ4v) is 4.02. The van der Waals surface area contributed by atoms with Crippen LogP contribution in [0.2, 0.25) is 5.02 Å². The summed E-state index contributed by atoms with van der Waals surface area (Å²) >= 11 is 5.82. The van der Waals surface area contributed by atoms with Crippen molar-refractivity contribution >= 4 is 21.6 Å². The first-order chi connectivity index (χ1) is 10.1. The van der Waals surface area contributed by atoms with Crippen molar-refractivity contribution in [1.82, 2.24) is 10.0 Å². The van der Waals surface area contributed by atoms with E-state index in [1.54, 1.807) is 18.2 Å². The van der Waals surface area contributed by atoms with Crippen LogP contribution in [0.3, 0.4) is 0 Å². The Morgan fingerprint density at radius 1 is 1.14 bits per heavy atom. The third-order valence-corrected chi connectivity index (χ3v) is 5.55. The number of nitrogens with one attached hydrogen (secondary N) is 2. The van der Waals surface area contributed by atoms with E-state index in [-0.39, 0.29) is 4.90 Å². The quantitative estimate of drug-likeness (QED) is 0.756. The van der Waals surface area contributed by atoms with Crippen molar-refractivity contribution < 1.29 is 8.42 Å². The third kappa shape index (κ3) is 5.58. The molecule has 1 saturated carbocycles. The van der Waals surface area contributed by atoms with Crippen molar-refractivity contribution in [2.75, 3.05) is 19.6 Å². The van der Waals surface area contributed by atoms with Gasteiger partial charge >= 0.3 is 0 Å². The zero-order valence-corrected chi connectivity index (χ0v) is 13.7. The zero-order valence-electron chi connectivity index (χ0n) is 12.1. The average molecular weight is 331 g/mol. The second kappa shape index (κ2) is 8.13. The van der Waals surface area contributed by atoms with E-state index in [1.807, 2.05) is 0 Å². The molecule has 0 atom stereocenters. The molecule has 0 aliphatic heterocycles. The first kappa shape index (κ1) is 16.7. The van der Waals surface area contributed by atoms with Gasteiger partial charge in [-0.1, -0.05) is 36.9 Å². The Balaban J connectivity index is 1.70. The van der Waals surface area contributed by atoms with E-state index in [2.05, 4.69) is 10.0 Å². The standard InChI is InChI=1S/C15H23ClN2O2S/c16-14-7-4-8-15(11-14)21(19,20)18-10-9-17-12-13-5-2-1-3-6-13/h4,7-8,11,13,17-18H,1-3,5-6,9-10,12H2. The topological polar surface area (TPSA) is 58.2 Å². The van der Waals surface area contributed by atoms with Gasteiger partial charge in [-0.15, -0.1) is 0 Å². The highest BCUT2D eigenvalue weighted by molar-refractivity contribution is 7.89. The summed E-state index contributed by atoms with van der Waals surface area (Å²) in [6.07, 6.45) is 6.60.